The molecule has 140 valence electrons. The smallest absolute Gasteiger partial charge is 0.191 e. The number of benzene rings is 1. The highest BCUT2D eigenvalue weighted by Gasteiger charge is 2.21. The maximum absolute atomic E-state index is 5.45. The average Bonchev–Trinajstić information content (AvgIpc) is 2.65. The minimum Gasteiger partial charge on any atom is -0.497 e. The molecule has 0 bridgehead atoms. The summed E-state index contributed by atoms with van der Waals surface area (Å²) in [6, 6.07) is 6.95. The van der Waals surface area contributed by atoms with Crippen molar-refractivity contribution in [1.82, 2.24) is 15.5 Å². The van der Waals surface area contributed by atoms with Crippen LogP contribution in [0.15, 0.2) is 23.2 Å². The van der Waals surface area contributed by atoms with E-state index in [1.165, 1.54) is 0 Å². The minimum atomic E-state index is 0.471. The van der Waals surface area contributed by atoms with Gasteiger partial charge in [-0.1, -0.05) is 0 Å². The van der Waals surface area contributed by atoms with Crippen molar-refractivity contribution in [3.05, 3.63) is 23.8 Å². The van der Waals surface area contributed by atoms with Crippen molar-refractivity contribution in [2.45, 2.75) is 45.3 Å². The summed E-state index contributed by atoms with van der Waals surface area (Å²) in [4.78, 5) is 6.88. The van der Waals surface area contributed by atoms with Crippen LogP contribution in [-0.2, 0) is 6.54 Å². The van der Waals surface area contributed by atoms with E-state index < -0.39 is 0 Å². The summed E-state index contributed by atoms with van der Waals surface area (Å²) in [6.07, 6.45) is 2.29. The Hall–Kier alpha value is -1.95. The summed E-state index contributed by atoms with van der Waals surface area (Å²) < 4.78 is 10.7. The van der Waals surface area contributed by atoms with Crippen LogP contribution in [0.25, 0.3) is 0 Å². The predicted molar refractivity (Wildman–Crippen MR) is 103 cm³/mol. The van der Waals surface area contributed by atoms with Gasteiger partial charge in [-0.25, -0.2) is 0 Å². The maximum Gasteiger partial charge on any atom is 0.191 e. The number of rotatable bonds is 6. The molecule has 0 aliphatic carbocycles. The molecule has 6 nitrogen and oxygen atoms in total. The van der Waals surface area contributed by atoms with Crippen molar-refractivity contribution in [2.75, 3.05) is 34.4 Å². The fraction of sp³-hybridized carbons (Fsp3) is 0.632. The number of nitrogens with zero attached hydrogens (tertiary/aromatic N) is 2. The third-order valence-corrected chi connectivity index (χ3v) is 4.76. The molecule has 25 heavy (non-hydrogen) atoms. The Morgan fingerprint density at radius 1 is 1.24 bits per heavy atom. The van der Waals surface area contributed by atoms with Crippen LogP contribution in [-0.4, -0.2) is 57.3 Å². The van der Waals surface area contributed by atoms with Crippen molar-refractivity contribution in [2.24, 2.45) is 4.99 Å². The summed E-state index contributed by atoms with van der Waals surface area (Å²) in [7, 11) is 5.14. The van der Waals surface area contributed by atoms with Gasteiger partial charge in [0.05, 0.1) is 14.2 Å². The normalized spacial score (nSPS) is 16.8. The number of nitrogens with one attached hydrogen (secondary N) is 2. The molecule has 1 heterocycles. The summed E-state index contributed by atoms with van der Waals surface area (Å²) in [6.45, 7) is 7.45. The van der Waals surface area contributed by atoms with Gasteiger partial charge in [-0.15, -0.1) is 0 Å². The third kappa shape index (κ3) is 5.53. The van der Waals surface area contributed by atoms with Gasteiger partial charge in [0.2, 0.25) is 0 Å². The average molecular weight is 348 g/mol. The van der Waals surface area contributed by atoms with Crippen molar-refractivity contribution < 1.29 is 9.47 Å². The van der Waals surface area contributed by atoms with Crippen LogP contribution in [0.4, 0.5) is 0 Å². The molecule has 1 aromatic rings. The van der Waals surface area contributed by atoms with Crippen LogP contribution in [0.2, 0.25) is 0 Å². The molecule has 0 spiro atoms. The Labute approximate surface area is 151 Å². The van der Waals surface area contributed by atoms with Gasteiger partial charge >= 0.3 is 0 Å². The van der Waals surface area contributed by atoms with Gasteiger partial charge in [0.1, 0.15) is 11.5 Å². The second-order valence-corrected chi connectivity index (χ2v) is 6.65. The lowest BCUT2D eigenvalue weighted by atomic mass is 10.0. The Kier molecular flexibility index (Phi) is 7.37. The molecular formula is C19H32N4O2. The second-order valence-electron chi connectivity index (χ2n) is 6.65. The molecule has 0 aromatic heterocycles. The van der Waals surface area contributed by atoms with E-state index in [1.807, 2.05) is 25.2 Å². The lowest BCUT2D eigenvalue weighted by Crippen LogP contribution is -2.49. The molecular weight excluding hydrogens is 316 g/mol. The molecule has 1 aliphatic rings. The van der Waals surface area contributed by atoms with Crippen molar-refractivity contribution in [3.63, 3.8) is 0 Å². The Bertz CT molecular complexity index is 567. The van der Waals surface area contributed by atoms with Crippen molar-refractivity contribution >= 4 is 5.96 Å². The van der Waals surface area contributed by atoms with Gasteiger partial charge in [-0.05, 0) is 38.8 Å². The molecule has 0 radical (unpaired) electrons. The van der Waals surface area contributed by atoms with Crippen LogP contribution in [0.5, 0.6) is 11.5 Å². The molecule has 1 saturated heterocycles. The topological polar surface area (TPSA) is 58.1 Å². The number of ether oxygens (including phenoxy) is 2. The van der Waals surface area contributed by atoms with Crippen molar-refractivity contribution in [3.8, 4) is 11.5 Å². The number of likely N-dealkylation sites (tertiary alicyclic amines) is 1. The highest BCUT2D eigenvalue weighted by molar-refractivity contribution is 5.80. The first-order valence-electron chi connectivity index (χ1n) is 8.99. The molecule has 0 saturated carbocycles. The van der Waals surface area contributed by atoms with Gasteiger partial charge in [-0.2, -0.15) is 0 Å². The zero-order valence-electron chi connectivity index (χ0n) is 16.1. The van der Waals surface area contributed by atoms with E-state index in [0.29, 0.717) is 18.6 Å². The number of aliphatic imine (C=N–C) groups is 1. The highest BCUT2D eigenvalue weighted by atomic mass is 16.5. The van der Waals surface area contributed by atoms with Gasteiger partial charge in [0.25, 0.3) is 0 Å². The minimum absolute atomic E-state index is 0.471. The molecule has 0 atom stereocenters. The Morgan fingerprint density at radius 3 is 2.52 bits per heavy atom. The van der Waals surface area contributed by atoms with Crippen LogP contribution in [0.3, 0.4) is 0 Å². The molecule has 0 unspecified atom stereocenters. The number of methoxy groups -OCH3 is 2. The molecule has 2 rings (SSSR count). The van der Waals surface area contributed by atoms with E-state index in [1.54, 1.807) is 14.2 Å². The summed E-state index contributed by atoms with van der Waals surface area (Å²) >= 11 is 0. The SMILES string of the molecule is CN=C(NCc1ccc(OC)cc1OC)NC1CCN(C(C)C)CC1. The Balaban J connectivity index is 1.87. The van der Waals surface area contributed by atoms with Gasteiger partial charge in [0.15, 0.2) is 5.96 Å². The second kappa shape index (κ2) is 9.51. The number of piperidine rings is 1. The van der Waals surface area contributed by atoms with E-state index in [2.05, 4.69) is 34.4 Å². The molecule has 1 aliphatic heterocycles. The Morgan fingerprint density at radius 2 is 1.96 bits per heavy atom. The van der Waals surface area contributed by atoms with Gasteiger partial charge < -0.3 is 25.0 Å². The summed E-state index contributed by atoms with van der Waals surface area (Å²) in [5.41, 5.74) is 1.07. The molecule has 6 heteroatoms. The predicted octanol–water partition coefficient (Wildman–Crippen LogP) is 2.24. The first-order chi connectivity index (χ1) is 12.1. The van der Waals surface area contributed by atoms with Crippen LogP contribution in [0.1, 0.15) is 32.3 Å². The summed E-state index contributed by atoms with van der Waals surface area (Å²) in [5, 5.41) is 6.93. The van der Waals surface area contributed by atoms with E-state index in [9.17, 15) is 0 Å². The van der Waals surface area contributed by atoms with Crippen molar-refractivity contribution in [1.29, 1.82) is 0 Å². The lowest BCUT2D eigenvalue weighted by Gasteiger charge is -2.35. The number of guanidine groups is 1. The highest BCUT2D eigenvalue weighted by Crippen LogP contribution is 2.24. The lowest BCUT2D eigenvalue weighted by molar-refractivity contribution is 0.167. The van der Waals surface area contributed by atoms with E-state index >= 15 is 0 Å². The van der Waals surface area contributed by atoms with Crippen LogP contribution >= 0.6 is 0 Å². The number of hydrogen-bond acceptors (Lipinski definition) is 4. The number of hydrogen-bond donors (Lipinski definition) is 2. The fourth-order valence-corrected chi connectivity index (χ4v) is 3.13. The first kappa shape index (κ1) is 19.4. The standard InChI is InChI=1S/C19H32N4O2/c1-14(2)23-10-8-16(9-11-23)22-19(20-3)21-13-15-6-7-17(24-4)12-18(15)25-5/h6-7,12,14,16H,8-11,13H2,1-5H3,(H2,20,21,22). The van der Waals surface area contributed by atoms with E-state index in [0.717, 1.165) is 49.0 Å². The molecule has 1 fully saturated rings. The van der Waals surface area contributed by atoms with E-state index in [-0.39, 0.29) is 0 Å². The first-order valence-corrected chi connectivity index (χ1v) is 8.99. The largest absolute Gasteiger partial charge is 0.497 e. The summed E-state index contributed by atoms with van der Waals surface area (Å²) in [5.74, 6) is 2.44. The molecule has 1 aromatic carbocycles. The van der Waals surface area contributed by atoms with E-state index in [4.69, 9.17) is 9.47 Å². The monoisotopic (exact) mass is 348 g/mol. The third-order valence-electron chi connectivity index (χ3n) is 4.76. The zero-order chi connectivity index (χ0) is 18.2. The molecule has 0 amide bonds. The fourth-order valence-electron chi connectivity index (χ4n) is 3.13. The zero-order valence-corrected chi connectivity index (χ0v) is 16.1. The van der Waals surface area contributed by atoms with Gasteiger partial charge in [-0.3, -0.25) is 4.99 Å². The van der Waals surface area contributed by atoms with Crippen LogP contribution in [0, 0.1) is 0 Å². The van der Waals surface area contributed by atoms with Gasteiger partial charge in [0, 0.05) is 50.4 Å². The van der Waals surface area contributed by atoms with Crippen LogP contribution < -0.4 is 20.1 Å². The maximum atomic E-state index is 5.45. The molecule has 2 N–H and O–H groups in total. The quantitative estimate of drug-likeness (QED) is 0.610.